The molecular formula is C6H13N2O+. The lowest BCUT2D eigenvalue weighted by molar-refractivity contribution is -0.600. The summed E-state index contributed by atoms with van der Waals surface area (Å²) in [6.45, 7) is 0. The molecule has 0 radical (unpaired) electrons. The van der Waals surface area contributed by atoms with Gasteiger partial charge in [-0.1, -0.05) is 6.42 Å². The Morgan fingerprint density at radius 1 is 1.22 bits per heavy atom. The molecule has 0 heterocycles. The molecule has 1 aliphatic carbocycles. The molecule has 1 rings (SSSR count). The molecule has 1 fully saturated rings. The average molecular weight is 129 g/mol. The van der Waals surface area contributed by atoms with Crippen LogP contribution in [0.1, 0.15) is 32.1 Å². The highest BCUT2D eigenvalue weighted by molar-refractivity contribution is 4.62. The molecule has 0 aromatic carbocycles. The first kappa shape index (κ1) is 6.52. The van der Waals surface area contributed by atoms with E-state index in [1.807, 2.05) is 0 Å². The van der Waals surface area contributed by atoms with Crippen LogP contribution >= 0.6 is 0 Å². The predicted octanol–water partition coefficient (Wildman–Crippen LogP) is 0.972. The van der Waals surface area contributed by atoms with Gasteiger partial charge in [-0.25, -0.2) is 0 Å². The molecule has 2 N–H and O–H groups in total. The van der Waals surface area contributed by atoms with Gasteiger partial charge < -0.3 is 0 Å². The van der Waals surface area contributed by atoms with Crippen molar-refractivity contribution in [2.45, 2.75) is 38.1 Å². The lowest BCUT2D eigenvalue weighted by Crippen LogP contribution is -2.31. The Hall–Kier alpha value is -0.600. The predicted molar refractivity (Wildman–Crippen MR) is 34.7 cm³/mol. The third kappa shape index (κ3) is 1.66. The Morgan fingerprint density at radius 3 is 2.11 bits per heavy atom. The maximum atomic E-state index is 10.5. The molecule has 0 atom stereocenters. The minimum Gasteiger partial charge on any atom is -0.165 e. The van der Waals surface area contributed by atoms with E-state index in [-0.39, 0.29) is 6.04 Å². The molecule has 1 saturated carbocycles. The van der Waals surface area contributed by atoms with Crippen molar-refractivity contribution in [1.29, 1.82) is 0 Å². The van der Waals surface area contributed by atoms with Gasteiger partial charge in [0.2, 0.25) is 6.04 Å². The van der Waals surface area contributed by atoms with Crippen LogP contribution in [0.15, 0.2) is 0 Å². The van der Waals surface area contributed by atoms with E-state index in [1.54, 1.807) is 0 Å². The minimum absolute atomic E-state index is 0.110. The summed E-state index contributed by atoms with van der Waals surface area (Å²) in [5.74, 6) is 5.04. The first-order chi connectivity index (χ1) is 4.30. The summed E-state index contributed by atoms with van der Waals surface area (Å²) in [4.78, 5) is 11.1. The molecule has 0 spiro atoms. The average Bonchev–Trinajstić information content (AvgIpc) is 1.90. The van der Waals surface area contributed by atoms with Gasteiger partial charge in [0.15, 0.2) is 0 Å². The smallest absolute Gasteiger partial charge is 0.165 e. The van der Waals surface area contributed by atoms with Crippen LogP contribution in [-0.4, -0.2) is 10.9 Å². The zero-order valence-electron chi connectivity index (χ0n) is 5.55. The molecule has 0 bridgehead atoms. The molecule has 0 aliphatic heterocycles. The maximum absolute atomic E-state index is 10.5. The summed E-state index contributed by atoms with van der Waals surface area (Å²) in [6.07, 6.45) is 5.57. The molecule has 0 amide bonds. The van der Waals surface area contributed by atoms with Crippen molar-refractivity contribution in [1.82, 2.24) is 0 Å². The number of nitrogens with zero attached hydrogens (tertiary/aromatic N) is 1. The summed E-state index contributed by atoms with van der Waals surface area (Å²) in [5.41, 5.74) is 0. The fraction of sp³-hybridized carbons (Fsp3) is 1.00. The second kappa shape index (κ2) is 2.80. The Labute approximate surface area is 54.8 Å². The standard InChI is InChI=1S/C6H13N2O/c7-8(9)6-4-2-1-3-5-6/h6H,1-5H2,(H2,7,9)/q+1. The maximum Gasteiger partial charge on any atom is 0.234 e. The Bertz CT molecular complexity index is 108. The molecule has 0 aromatic heterocycles. The number of nitrogens with two attached hydrogens (primary N) is 1. The summed E-state index contributed by atoms with van der Waals surface area (Å²) >= 11 is 0. The third-order valence-electron chi connectivity index (χ3n) is 1.93. The Kier molecular flexibility index (Phi) is 2.03. The third-order valence-corrected chi connectivity index (χ3v) is 1.93. The van der Waals surface area contributed by atoms with Crippen molar-refractivity contribution in [3.63, 3.8) is 0 Å². The number of hydrogen-bond acceptors (Lipinski definition) is 1. The SMILES string of the molecule is N[N+](=O)C1CCCCC1. The van der Waals surface area contributed by atoms with E-state index in [9.17, 15) is 4.91 Å². The van der Waals surface area contributed by atoms with Crippen LogP contribution < -0.4 is 5.84 Å². The van der Waals surface area contributed by atoms with E-state index in [0.29, 0.717) is 4.87 Å². The Balaban J connectivity index is 2.31. The highest BCUT2D eigenvalue weighted by atomic mass is 16.3. The van der Waals surface area contributed by atoms with Crippen LogP contribution in [0.3, 0.4) is 0 Å². The van der Waals surface area contributed by atoms with E-state index in [4.69, 9.17) is 5.84 Å². The van der Waals surface area contributed by atoms with Crippen LogP contribution in [0, 0.1) is 4.91 Å². The van der Waals surface area contributed by atoms with Crippen LogP contribution in [0.2, 0.25) is 0 Å². The molecule has 0 aromatic rings. The zero-order chi connectivity index (χ0) is 6.69. The molecular weight excluding hydrogens is 116 g/mol. The van der Waals surface area contributed by atoms with Crippen LogP contribution in [0.25, 0.3) is 0 Å². The van der Waals surface area contributed by atoms with E-state index >= 15 is 0 Å². The van der Waals surface area contributed by atoms with Gasteiger partial charge >= 0.3 is 0 Å². The second-order valence-electron chi connectivity index (χ2n) is 2.65. The monoisotopic (exact) mass is 129 g/mol. The molecule has 0 unspecified atom stereocenters. The number of hydrazine groups is 1. The molecule has 0 saturated heterocycles. The number of rotatable bonds is 1. The van der Waals surface area contributed by atoms with E-state index < -0.39 is 0 Å². The molecule has 3 heteroatoms. The van der Waals surface area contributed by atoms with E-state index in [1.165, 1.54) is 19.3 Å². The highest BCUT2D eigenvalue weighted by Gasteiger charge is 2.24. The normalized spacial score (nSPS) is 21.8. The minimum atomic E-state index is 0.110. The van der Waals surface area contributed by atoms with Crippen molar-refractivity contribution in [2.24, 2.45) is 5.84 Å². The van der Waals surface area contributed by atoms with Gasteiger partial charge in [0.1, 0.15) is 4.87 Å². The van der Waals surface area contributed by atoms with Gasteiger partial charge in [-0.15, -0.1) is 0 Å². The largest absolute Gasteiger partial charge is 0.234 e. The fourth-order valence-corrected chi connectivity index (χ4v) is 1.34. The highest BCUT2D eigenvalue weighted by Crippen LogP contribution is 2.18. The van der Waals surface area contributed by atoms with Gasteiger partial charge in [-0.05, 0) is 12.8 Å². The van der Waals surface area contributed by atoms with Gasteiger partial charge in [-0.3, -0.25) is 0 Å². The summed E-state index contributed by atoms with van der Waals surface area (Å²) < 4.78 is 0. The van der Waals surface area contributed by atoms with Gasteiger partial charge in [0.05, 0.1) is 4.91 Å². The van der Waals surface area contributed by atoms with E-state index in [0.717, 1.165) is 12.8 Å². The molecule has 52 valence electrons. The first-order valence-corrected chi connectivity index (χ1v) is 3.52. The molecule has 3 nitrogen and oxygen atoms in total. The quantitative estimate of drug-likeness (QED) is 0.326. The lowest BCUT2D eigenvalue weighted by atomic mass is 9.96. The number of nitroso groups, excluding NO2 is 1. The van der Waals surface area contributed by atoms with Gasteiger partial charge in [-0.2, -0.15) is 5.84 Å². The van der Waals surface area contributed by atoms with Crippen LogP contribution in [0.4, 0.5) is 0 Å². The Morgan fingerprint density at radius 2 is 1.78 bits per heavy atom. The van der Waals surface area contributed by atoms with Gasteiger partial charge in [0, 0.05) is 12.8 Å². The summed E-state index contributed by atoms with van der Waals surface area (Å²) in [6, 6.07) is 0.110. The van der Waals surface area contributed by atoms with Crippen molar-refractivity contribution in [3.05, 3.63) is 4.91 Å². The number of hydrogen-bond donors (Lipinski definition) is 1. The van der Waals surface area contributed by atoms with E-state index in [2.05, 4.69) is 0 Å². The van der Waals surface area contributed by atoms with Crippen LogP contribution in [0.5, 0.6) is 0 Å². The van der Waals surface area contributed by atoms with Crippen LogP contribution in [-0.2, 0) is 0 Å². The molecule has 9 heavy (non-hydrogen) atoms. The van der Waals surface area contributed by atoms with Crippen molar-refractivity contribution < 1.29 is 4.87 Å². The fourth-order valence-electron chi connectivity index (χ4n) is 1.34. The second-order valence-corrected chi connectivity index (χ2v) is 2.65. The van der Waals surface area contributed by atoms with Crippen molar-refractivity contribution in [3.8, 4) is 0 Å². The zero-order valence-corrected chi connectivity index (χ0v) is 5.55. The van der Waals surface area contributed by atoms with Crippen molar-refractivity contribution in [2.75, 3.05) is 0 Å². The van der Waals surface area contributed by atoms with Gasteiger partial charge in [0.25, 0.3) is 0 Å². The first-order valence-electron chi connectivity index (χ1n) is 3.52. The summed E-state index contributed by atoms with van der Waals surface area (Å²) in [7, 11) is 0. The molecule has 1 aliphatic rings. The summed E-state index contributed by atoms with van der Waals surface area (Å²) in [5, 5.41) is 0. The topological polar surface area (TPSA) is 46.1 Å². The lowest BCUT2D eigenvalue weighted by Gasteiger charge is -2.11. The van der Waals surface area contributed by atoms with Crippen molar-refractivity contribution >= 4 is 0 Å².